The van der Waals surface area contributed by atoms with Gasteiger partial charge in [0.05, 0.1) is 0 Å². The molecule has 2 amide bonds. The van der Waals surface area contributed by atoms with Crippen molar-refractivity contribution in [3.8, 4) is 0 Å². The molecule has 0 aliphatic heterocycles. The van der Waals surface area contributed by atoms with Crippen molar-refractivity contribution in [2.24, 2.45) is 0 Å². The van der Waals surface area contributed by atoms with E-state index in [-0.39, 0.29) is 5.54 Å². The first kappa shape index (κ1) is 9.79. The summed E-state index contributed by atoms with van der Waals surface area (Å²) in [5, 5.41) is 10.8. The van der Waals surface area contributed by atoms with E-state index in [4.69, 9.17) is 5.11 Å². The Morgan fingerprint density at radius 3 is 2.62 bits per heavy atom. The van der Waals surface area contributed by atoms with E-state index in [1.165, 1.54) is 0 Å². The number of amides is 2. The number of hydrogen-bond acceptors (Lipinski definition) is 3. The summed E-state index contributed by atoms with van der Waals surface area (Å²) >= 11 is 0. The fourth-order valence-electron chi connectivity index (χ4n) is 0.775. The summed E-state index contributed by atoms with van der Waals surface area (Å²) in [6, 6.07) is -0.499. The lowest BCUT2D eigenvalue weighted by Crippen LogP contribution is -2.42. The van der Waals surface area contributed by atoms with Crippen LogP contribution in [0.5, 0.6) is 0 Å². The number of hydroxylamine groups is 1. The average Bonchev–Trinajstić information content (AvgIpc) is 2.66. The number of aliphatic carboxylic acids is 1. The number of carboxylic acid groups (broad SMARTS) is 1. The number of nitrogens with one attached hydrogen (secondary N) is 2. The van der Waals surface area contributed by atoms with Gasteiger partial charge in [-0.3, -0.25) is 4.84 Å². The van der Waals surface area contributed by atoms with Gasteiger partial charge in [0.25, 0.3) is 0 Å². The third kappa shape index (κ3) is 3.75. The molecule has 74 valence electrons. The zero-order valence-corrected chi connectivity index (χ0v) is 7.29. The summed E-state index contributed by atoms with van der Waals surface area (Å²) in [4.78, 5) is 25.3. The van der Waals surface area contributed by atoms with Crippen molar-refractivity contribution in [1.29, 1.82) is 0 Å². The van der Waals surface area contributed by atoms with Gasteiger partial charge in [-0.15, -0.1) is 0 Å². The monoisotopic (exact) mass is 188 g/mol. The summed E-state index contributed by atoms with van der Waals surface area (Å²) in [5.74, 6) is -1.13. The predicted octanol–water partition coefficient (Wildman–Crippen LogP) is -0.146. The van der Waals surface area contributed by atoms with Crippen LogP contribution >= 0.6 is 0 Å². The molecular formula is C7H12N2O4. The minimum absolute atomic E-state index is 0.128. The predicted molar refractivity (Wildman–Crippen MR) is 42.9 cm³/mol. The van der Waals surface area contributed by atoms with E-state index in [0.717, 1.165) is 12.8 Å². The van der Waals surface area contributed by atoms with Crippen LogP contribution in [0.1, 0.15) is 19.8 Å². The molecule has 0 atom stereocenters. The maximum Gasteiger partial charge on any atom is 0.339 e. The van der Waals surface area contributed by atoms with Crippen molar-refractivity contribution < 1.29 is 19.5 Å². The molecule has 1 fully saturated rings. The molecule has 3 N–H and O–H groups in total. The van der Waals surface area contributed by atoms with Gasteiger partial charge in [0.15, 0.2) is 6.61 Å². The van der Waals surface area contributed by atoms with Crippen molar-refractivity contribution in [3.63, 3.8) is 0 Å². The molecule has 6 nitrogen and oxygen atoms in total. The lowest BCUT2D eigenvalue weighted by atomic mass is 10.3. The Balaban J connectivity index is 2.07. The average molecular weight is 188 g/mol. The van der Waals surface area contributed by atoms with Gasteiger partial charge < -0.3 is 10.4 Å². The number of rotatable bonds is 4. The maximum atomic E-state index is 10.9. The normalized spacial score (nSPS) is 17.6. The highest BCUT2D eigenvalue weighted by Gasteiger charge is 2.38. The second-order valence-electron chi connectivity index (χ2n) is 3.30. The van der Waals surface area contributed by atoms with Gasteiger partial charge in [0.1, 0.15) is 0 Å². The highest BCUT2D eigenvalue weighted by molar-refractivity contribution is 5.74. The van der Waals surface area contributed by atoms with Gasteiger partial charge in [-0.05, 0) is 19.8 Å². The number of carbonyl (C=O) groups is 2. The van der Waals surface area contributed by atoms with Crippen LogP contribution in [0.4, 0.5) is 4.79 Å². The molecule has 13 heavy (non-hydrogen) atoms. The molecule has 0 radical (unpaired) electrons. The van der Waals surface area contributed by atoms with E-state index in [1.54, 1.807) is 0 Å². The Hall–Kier alpha value is -1.30. The van der Waals surface area contributed by atoms with Gasteiger partial charge in [0.2, 0.25) is 0 Å². The van der Waals surface area contributed by atoms with Crippen molar-refractivity contribution in [2.45, 2.75) is 25.3 Å². The van der Waals surface area contributed by atoms with Crippen molar-refractivity contribution in [3.05, 3.63) is 0 Å². The minimum Gasteiger partial charge on any atom is -0.479 e. The van der Waals surface area contributed by atoms with Crippen LogP contribution in [0.15, 0.2) is 0 Å². The van der Waals surface area contributed by atoms with E-state index in [1.807, 2.05) is 12.4 Å². The van der Waals surface area contributed by atoms with Crippen molar-refractivity contribution in [2.75, 3.05) is 6.61 Å². The Kier molecular flexibility index (Phi) is 2.72. The topological polar surface area (TPSA) is 87.7 Å². The number of carboxylic acids is 1. The zero-order valence-electron chi connectivity index (χ0n) is 7.29. The molecule has 0 unspecified atom stereocenters. The molecular weight excluding hydrogens is 176 g/mol. The van der Waals surface area contributed by atoms with E-state index in [2.05, 4.69) is 10.2 Å². The summed E-state index contributed by atoms with van der Waals surface area (Å²) in [6.45, 7) is 1.37. The molecule has 0 heterocycles. The number of carbonyl (C=O) groups excluding carboxylic acids is 1. The molecule has 0 aromatic carbocycles. The number of urea groups is 1. The molecule has 1 aliphatic rings. The van der Waals surface area contributed by atoms with Crippen molar-refractivity contribution in [1.82, 2.24) is 10.8 Å². The molecule has 1 rings (SSSR count). The molecule has 0 bridgehead atoms. The molecule has 1 saturated carbocycles. The van der Waals surface area contributed by atoms with Gasteiger partial charge in [-0.1, -0.05) is 0 Å². The molecule has 0 spiro atoms. The summed E-state index contributed by atoms with van der Waals surface area (Å²) in [5.41, 5.74) is 1.85. The second-order valence-corrected chi connectivity index (χ2v) is 3.30. The first-order valence-corrected chi connectivity index (χ1v) is 3.94. The summed E-state index contributed by atoms with van der Waals surface area (Å²) < 4.78 is 0. The van der Waals surface area contributed by atoms with Crippen LogP contribution in [-0.2, 0) is 9.63 Å². The SMILES string of the molecule is CC1(NC(=O)NOCC(=O)O)CC1. The van der Waals surface area contributed by atoms with Gasteiger partial charge >= 0.3 is 12.0 Å². The Morgan fingerprint density at radius 2 is 2.15 bits per heavy atom. The molecule has 0 saturated heterocycles. The zero-order chi connectivity index (χ0) is 9.90. The largest absolute Gasteiger partial charge is 0.479 e. The summed E-state index contributed by atoms with van der Waals surface area (Å²) in [7, 11) is 0. The molecule has 0 aromatic heterocycles. The van der Waals surface area contributed by atoms with E-state index in [9.17, 15) is 9.59 Å². The fourth-order valence-corrected chi connectivity index (χ4v) is 0.775. The minimum atomic E-state index is -1.13. The Labute approximate surface area is 75.2 Å². The van der Waals surface area contributed by atoms with Crippen LogP contribution in [0.2, 0.25) is 0 Å². The third-order valence-corrected chi connectivity index (χ3v) is 1.78. The second kappa shape index (κ2) is 3.61. The summed E-state index contributed by atoms with van der Waals surface area (Å²) in [6.07, 6.45) is 1.89. The third-order valence-electron chi connectivity index (χ3n) is 1.78. The first-order chi connectivity index (χ1) is 6.02. The standard InChI is InChI=1S/C7H12N2O4/c1-7(2-3-7)8-6(12)9-13-4-5(10)11/h2-4H2,1H3,(H,10,11)(H2,8,9,12). The van der Waals surface area contributed by atoms with Crippen LogP contribution < -0.4 is 10.8 Å². The van der Waals surface area contributed by atoms with Crippen LogP contribution in [0.25, 0.3) is 0 Å². The fraction of sp³-hybridized carbons (Fsp3) is 0.714. The highest BCUT2D eigenvalue weighted by Crippen LogP contribution is 2.33. The lowest BCUT2D eigenvalue weighted by Gasteiger charge is -2.11. The molecule has 6 heteroatoms. The molecule has 0 aromatic rings. The van der Waals surface area contributed by atoms with Crippen LogP contribution in [-0.4, -0.2) is 29.3 Å². The van der Waals surface area contributed by atoms with Crippen LogP contribution in [0, 0.1) is 0 Å². The smallest absolute Gasteiger partial charge is 0.339 e. The van der Waals surface area contributed by atoms with E-state index < -0.39 is 18.6 Å². The first-order valence-electron chi connectivity index (χ1n) is 3.94. The van der Waals surface area contributed by atoms with Crippen LogP contribution in [0.3, 0.4) is 0 Å². The van der Waals surface area contributed by atoms with Gasteiger partial charge in [-0.25, -0.2) is 15.1 Å². The van der Waals surface area contributed by atoms with Crippen molar-refractivity contribution >= 4 is 12.0 Å². The number of hydrogen-bond donors (Lipinski definition) is 3. The highest BCUT2D eigenvalue weighted by atomic mass is 16.7. The molecule has 1 aliphatic carbocycles. The van der Waals surface area contributed by atoms with E-state index >= 15 is 0 Å². The van der Waals surface area contributed by atoms with Gasteiger partial charge in [-0.2, -0.15) is 0 Å². The quantitative estimate of drug-likeness (QED) is 0.535. The van der Waals surface area contributed by atoms with E-state index in [0.29, 0.717) is 0 Å². The lowest BCUT2D eigenvalue weighted by molar-refractivity contribution is -0.144. The Morgan fingerprint density at radius 1 is 1.54 bits per heavy atom. The van der Waals surface area contributed by atoms with Gasteiger partial charge in [0, 0.05) is 5.54 Å². The Bertz CT molecular complexity index is 225. The maximum absolute atomic E-state index is 10.9.